The Balaban J connectivity index is 1.78. The smallest absolute Gasteiger partial charge is 0.306 e. The molecule has 0 radical (unpaired) electrons. The lowest BCUT2D eigenvalue weighted by atomic mass is 10.1. The van der Waals surface area contributed by atoms with E-state index in [2.05, 4.69) is 8.75 Å². The first-order chi connectivity index (χ1) is 10.4. The first kappa shape index (κ1) is 16.4. The molecule has 0 amide bonds. The molecule has 2 aromatic rings. The molecule has 118 valence electrons. The van der Waals surface area contributed by atoms with Gasteiger partial charge < -0.3 is 9.47 Å². The number of aryl methyl sites for hydroxylation is 1. The highest BCUT2D eigenvalue weighted by Crippen LogP contribution is 2.16. The van der Waals surface area contributed by atoms with Gasteiger partial charge in [0.2, 0.25) is 0 Å². The standard InChI is InChI=1S/C16H20N2O3S/c1-16(2,3)21-15(19)9-6-12-4-7-14(8-5-12)20-11-13-10-17-22-18-13/h4-5,7-8,10H,6,9,11H2,1-3H3. The van der Waals surface area contributed by atoms with Crippen LogP contribution in [0, 0.1) is 0 Å². The molecule has 22 heavy (non-hydrogen) atoms. The second-order valence-corrected chi connectivity index (χ2v) is 6.47. The topological polar surface area (TPSA) is 61.3 Å². The fraction of sp³-hybridized carbons (Fsp3) is 0.438. The maximum absolute atomic E-state index is 11.7. The Labute approximate surface area is 134 Å². The van der Waals surface area contributed by atoms with E-state index in [1.54, 1.807) is 6.20 Å². The van der Waals surface area contributed by atoms with Gasteiger partial charge in [0.25, 0.3) is 0 Å². The fourth-order valence-electron chi connectivity index (χ4n) is 1.80. The van der Waals surface area contributed by atoms with Gasteiger partial charge in [-0.3, -0.25) is 4.79 Å². The van der Waals surface area contributed by atoms with E-state index in [4.69, 9.17) is 9.47 Å². The summed E-state index contributed by atoms with van der Waals surface area (Å²) in [6.07, 6.45) is 2.73. The van der Waals surface area contributed by atoms with Crippen molar-refractivity contribution in [3.8, 4) is 5.75 Å². The number of carbonyl (C=O) groups is 1. The second-order valence-electron chi connectivity index (χ2n) is 5.92. The van der Waals surface area contributed by atoms with Gasteiger partial charge in [0.05, 0.1) is 17.9 Å². The summed E-state index contributed by atoms with van der Waals surface area (Å²) in [5.41, 5.74) is 1.46. The van der Waals surface area contributed by atoms with Crippen molar-refractivity contribution in [2.45, 2.75) is 45.8 Å². The minimum Gasteiger partial charge on any atom is -0.487 e. The van der Waals surface area contributed by atoms with Gasteiger partial charge >= 0.3 is 5.97 Å². The van der Waals surface area contributed by atoms with Crippen molar-refractivity contribution in [3.63, 3.8) is 0 Å². The van der Waals surface area contributed by atoms with Gasteiger partial charge in [-0.25, -0.2) is 0 Å². The number of carbonyl (C=O) groups excluding carboxylic acids is 1. The van der Waals surface area contributed by atoms with Gasteiger partial charge in [-0.2, -0.15) is 8.75 Å². The van der Waals surface area contributed by atoms with Crippen LogP contribution in [0.25, 0.3) is 0 Å². The van der Waals surface area contributed by atoms with Crippen LogP contribution in [0.4, 0.5) is 0 Å². The van der Waals surface area contributed by atoms with Crippen LogP contribution in [-0.4, -0.2) is 20.3 Å². The number of nitrogens with zero attached hydrogens (tertiary/aromatic N) is 2. The van der Waals surface area contributed by atoms with Crippen molar-refractivity contribution >= 4 is 17.7 Å². The molecule has 0 N–H and O–H groups in total. The molecular weight excluding hydrogens is 300 g/mol. The normalized spacial score (nSPS) is 11.2. The SMILES string of the molecule is CC(C)(C)OC(=O)CCc1ccc(OCc2cnsn2)cc1. The molecule has 1 aromatic heterocycles. The summed E-state index contributed by atoms with van der Waals surface area (Å²) < 4.78 is 18.9. The van der Waals surface area contributed by atoms with Gasteiger partial charge in [0.15, 0.2) is 0 Å². The Bertz CT molecular complexity index is 589. The molecule has 0 unspecified atom stereocenters. The third-order valence-electron chi connectivity index (χ3n) is 2.75. The molecule has 1 aromatic carbocycles. The molecule has 0 saturated heterocycles. The molecule has 0 atom stereocenters. The lowest BCUT2D eigenvalue weighted by Crippen LogP contribution is -2.23. The highest BCUT2D eigenvalue weighted by molar-refractivity contribution is 6.99. The minimum atomic E-state index is -0.431. The predicted molar refractivity (Wildman–Crippen MR) is 84.8 cm³/mol. The van der Waals surface area contributed by atoms with Crippen LogP contribution in [0.1, 0.15) is 38.4 Å². The zero-order valence-electron chi connectivity index (χ0n) is 13.0. The molecule has 1 heterocycles. The van der Waals surface area contributed by atoms with Gasteiger partial charge in [0.1, 0.15) is 23.7 Å². The van der Waals surface area contributed by atoms with Crippen LogP contribution >= 0.6 is 11.7 Å². The molecule has 0 fully saturated rings. The quantitative estimate of drug-likeness (QED) is 0.764. The van der Waals surface area contributed by atoms with E-state index >= 15 is 0 Å². The summed E-state index contributed by atoms with van der Waals surface area (Å²) in [6, 6.07) is 7.70. The third kappa shape index (κ3) is 5.81. The molecule has 0 aliphatic heterocycles. The zero-order valence-corrected chi connectivity index (χ0v) is 13.9. The predicted octanol–water partition coefficient (Wildman–Crippen LogP) is 3.39. The fourth-order valence-corrected chi connectivity index (χ4v) is 2.22. The van der Waals surface area contributed by atoms with Crippen molar-refractivity contribution < 1.29 is 14.3 Å². The molecule has 0 aliphatic carbocycles. The van der Waals surface area contributed by atoms with E-state index in [0.29, 0.717) is 19.4 Å². The van der Waals surface area contributed by atoms with E-state index < -0.39 is 5.60 Å². The van der Waals surface area contributed by atoms with E-state index in [9.17, 15) is 4.79 Å². The van der Waals surface area contributed by atoms with Crippen LogP contribution in [0.5, 0.6) is 5.75 Å². The summed E-state index contributed by atoms with van der Waals surface area (Å²) in [4.78, 5) is 11.7. The molecule has 5 nitrogen and oxygen atoms in total. The average Bonchev–Trinajstić information content (AvgIpc) is 2.95. The molecule has 2 rings (SSSR count). The summed E-state index contributed by atoms with van der Waals surface area (Å²) >= 11 is 1.17. The average molecular weight is 320 g/mol. The molecule has 6 heteroatoms. The summed E-state index contributed by atoms with van der Waals surface area (Å²) in [7, 11) is 0. The van der Waals surface area contributed by atoms with Crippen molar-refractivity contribution in [1.29, 1.82) is 0 Å². The largest absolute Gasteiger partial charge is 0.487 e. The number of esters is 1. The number of hydrogen-bond donors (Lipinski definition) is 0. The Hall–Kier alpha value is -1.95. The maximum Gasteiger partial charge on any atom is 0.306 e. The number of aromatic nitrogens is 2. The third-order valence-corrected chi connectivity index (χ3v) is 3.27. The monoisotopic (exact) mass is 320 g/mol. The summed E-state index contributed by atoms with van der Waals surface area (Å²) in [5, 5.41) is 0. The minimum absolute atomic E-state index is 0.177. The van der Waals surface area contributed by atoms with E-state index in [0.717, 1.165) is 17.0 Å². The molecule has 0 aliphatic rings. The maximum atomic E-state index is 11.7. The number of benzene rings is 1. The molecule has 0 saturated carbocycles. The van der Waals surface area contributed by atoms with Crippen molar-refractivity contribution in [1.82, 2.24) is 8.75 Å². The first-order valence-electron chi connectivity index (χ1n) is 7.12. The summed E-state index contributed by atoms with van der Waals surface area (Å²) in [6.45, 7) is 6.02. The lowest BCUT2D eigenvalue weighted by Gasteiger charge is -2.19. The highest BCUT2D eigenvalue weighted by Gasteiger charge is 2.15. The van der Waals surface area contributed by atoms with Crippen molar-refractivity contribution in [3.05, 3.63) is 41.7 Å². The first-order valence-corrected chi connectivity index (χ1v) is 7.85. The summed E-state index contributed by atoms with van der Waals surface area (Å²) in [5.74, 6) is 0.595. The number of rotatable bonds is 6. The highest BCUT2D eigenvalue weighted by atomic mass is 32.1. The number of ether oxygens (including phenoxy) is 2. The van der Waals surface area contributed by atoms with Crippen LogP contribution in [0.2, 0.25) is 0 Å². The van der Waals surface area contributed by atoms with Crippen LogP contribution < -0.4 is 4.74 Å². The van der Waals surface area contributed by atoms with Crippen LogP contribution in [0.3, 0.4) is 0 Å². The molecule has 0 bridgehead atoms. The van der Waals surface area contributed by atoms with E-state index in [1.165, 1.54) is 11.7 Å². The Morgan fingerprint density at radius 3 is 2.55 bits per heavy atom. The zero-order chi connectivity index (χ0) is 16.0. The van der Waals surface area contributed by atoms with Crippen LogP contribution in [0.15, 0.2) is 30.5 Å². The lowest BCUT2D eigenvalue weighted by molar-refractivity contribution is -0.154. The van der Waals surface area contributed by atoms with Crippen LogP contribution in [-0.2, 0) is 22.6 Å². The Morgan fingerprint density at radius 2 is 1.95 bits per heavy atom. The van der Waals surface area contributed by atoms with Gasteiger partial charge in [-0.15, -0.1) is 0 Å². The van der Waals surface area contributed by atoms with Crippen molar-refractivity contribution in [2.24, 2.45) is 0 Å². The number of hydrogen-bond acceptors (Lipinski definition) is 6. The Kier molecular flexibility index (Phi) is 5.49. The van der Waals surface area contributed by atoms with Gasteiger partial charge in [0, 0.05) is 6.42 Å². The van der Waals surface area contributed by atoms with Gasteiger partial charge in [-0.05, 0) is 44.9 Å². The second kappa shape index (κ2) is 7.35. The molecular formula is C16H20N2O3S. The van der Waals surface area contributed by atoms with Gasteiger partial charge in [-0.1, -0.05) is 12.1 Å². The van der Waals surface area contributed by atoms with E-state index in [1.807, 2.05) is 45.0 Å². The molecule has 0 spiro atoms. The van der Waals surface area contributed by atoms with E-state index in [-0.39, 0.29) is 5.97 Å². The Morgan fingerprint density at radius 1 is 1.23 bits per heavy atom. The van der Waals surface area contributed by atoms with Crippen molar-refractivity contribution in [2.75, 3.05) is 0 Å².